The van der Waals surface area contributed by atoms with Gasteiger partial charge in [-0.1, -0.05) is 6.92 Å². The van der Waals surface area contributed by atoms with Crippen LogP contribution in [0.25, 0.3) is 0 Å². The number of nitrogens with zero attached hydrogens (tertiary/aromatic N) is 1. The molecule has 1 aliphatic heterocycles. The van der Waals surface area contributed by atoms with Crippen molar-refractivity contribution >= 4 is 17.1 Å². The molecule has 1 aromatic heterocycles. The minimum atomic E-state index is 0.102. The highest BCUT2D eigenvalue weighted by atomic mass is 32.1. The number of aryl methyl sites for hydroxylation is 1. The van der Waals surface area contributed by atoms with Gasteiger partial charge in [-0.3, -0.25) is 4.79 Å². The van der Waals surface area contributed by atoms with Gasteiger partial charge in [-0.15, -0.1) is 11.3 Å². The molecule has 1 aliphatic rings. The summed E-state index contributed by atoms with van der Waals surface area (Å²) < 4.78 is 0. The van der Waals surface area contributed by atoms with E-state index in [0.717, 1.165) is 43.2 Å². The van der Waals surface area contributed by atoms with Gasteiger partial charge in [0.15, 0.2) is 5.78 Å². The zero-order valence-electron chi connectivity index (χ0n) is 10.5. The monoisotopic (exact) mass is 252 g/mol. The Bertz CT molecular complexity index is 383. The molecular weight excluding hydrogens is 232 g/mol. The Balaban J connectivity index is 1.93. The molecule has 17 heavy (non-hydrogen) atoms. The number of piperazine rings is 1. The van der Waals surface area contributed by atoms with Crippen LogP contribution >= 0.6 is 11.3 Å². The third kappa shape index (κ3) is 3.15. The second-order valence-corrected chi connectivity index (χ2v) is 5.66. The van der Waals surface area contributed by atoms with E-state index < -0.39 is 0 Å². The van der Waals surface area contributed by atoms with Crippen molar-refractivity contribution in [2.24, 2.45) is 5.92 Å². The maximum absolute atomic E-state index is 12.3. The average Bonchev–Trinajstić information content (AvgIpc) is 2.76. The molecule has 3 nitrogen and oxygen atoms in total. The third-order valence-electron chi connectivity index (χ3n) is 3.28. The maximum atomic E-state index is 12.3. The lowest BCUT2D eigenvalue weighted by molar-refractivity contribution is 0.0891. The predicted octanol–water partition coefficient (Wildman–Crippen LogP) is 1.78. The van der Waals surface area contributed by atoms with Gasteiger partial charge in [0.05, 0.1) is 4.88 Å². The Morgan fingerprint density at radius 1 is 1.53 bits per heavy atom. The molecule has 0 radical (unpaired) electrons. The molecule has 0 saturated carbocycles. The van der Waals surface area contributed by atoms with E-state index in [1.54, 1.807) is 11.3 Å². The van der Waals surface area contributed by atoms with Crippen molar-refractivity contribution in [1.29, 1.82) is 0 Å². The van der Waals surface area contributed by atoms with Gasteiger partial charge < -0.3 is 10.2 Å². The second kappa shape index (κ2) is 5.76. The maximum Gasteiger partial charge on any atom is 0.177 e. The zero-order chi connectivity index (χ0) is 12.3. The van der Waals surface area contributed by atoms with Crippen LogP contribution in [0.4, 0.5) is 0 Å². The van der Waals surface area contributed by atoms with Crippen molar-refractivity contribution in [3.8, 4) is 0 Å². The van der Waals surface area contributed by atoms with Crippen molar-refractivity contribution in [2.75, 3.05) is 32.7 Å². The van der Waals surface area contributed by atoms with Crippen LogP contribution in [0, 0.1) is 12.8 Å². The van der Waals surface area contributed by atoms with Crippen molar-refractivity contribution in [3.63, 3.8) is 0 Å². The summed E-state index contributed by atoms with van der Waals surface area (Å²) in [6.07, 6.45) is 0. The lowest BCUT2D eigenvalue weighted by atomic mass is 10.0. The topological polar surface area (TPSA) is 32.3 Å². The number of hydrogen-bond acceptors (Lipinski definition) is 4. The Morgan fingerprint density at radius 3 is 2.82 bits per heavy atom. The summed E-state index contributed by atoms with van der Waals surface area (Å²) >= 11 is 1.57. The van der Waals surface area contributed by atoms with Gasteiger partial charge in [0.2, 0.25) is 0 Å². The first-order valence-corrected chi connectivity index (χ1v) is 7.08. The smallest absolute Gasteiger partial charge is 0.177 e. The molecule has 2 rings (SSSR count). The molecule has 1 fully saturated rings. The molecule has 1 unspecified atom stereocenters. The first-order chi connectivity index (χ1) is 8.18. The molecule has 1 saturated heterocycles. The molecule has 4 heteroatoms. The van der Waals surface area contributed by atoms with E-state index >= 15 is 0 Å². The number of carbonyl (C=O) groups excluding carboxylic acids is 1. The molecule has 2 heterocycles. The van der Waals surface area contributed by atoms with Crippen molar-refractivity contribution in [2.45, 2.75) is 13.8 Å². The molecule has 94 valence electrons. The normalized spacial score (nSPS) is 19.2. The summed E-state index contributed by atoms with van der Waals surface area (Å²) in [5, 5.41) is 5.33. The molecule has 0 spiro atoms. The first-order valence-electron chi connectivity index (χ1n) is 6.20. The Morgan fingerprint density at radius 2 is 2.24 bits per heavy atom. The lowest BCUT2D eigenvalue weighted by Crippen LogP contribution is -2.45. The summed E-state index contributed by atoms with van der Waals surface area (Å²) in [6, 6.07) is 2.02. The van der Waals surface area contributed by atoms with Gasteiger partial charge in [0, 0.05) is 38.6 Å². The number of hydrogen-bond donors (Lipinski definition) is 1. The molecule has 0 bridgehead atoms. The standard InChI is InChI=1S/C13H20N2OS/c1-10-3-8-17-13(10)12(16)11(2)9-15-6-4-14-5-7-15/h3,8,11,14H,4-7,9H2,1-2H3. The van der Waals surface area contributed by atoms with Crippen LogP contribution in [-0.2, 0) is 0 Å². The first kappa shape index (κ1) is 12.7. The molecule has 0 aliphatic carbocycles. The van der Waals surface area contributed by atoms with Crippen LogP contribution in [0.1, 0.15) is 22.2 Å². The van der Waals surface area contributed by atoms with E-state index in [1.165, 1.54) is 0 Å². The highest BCUT2D eigenvalue weighted by Crippen LogP contribution is 2.20. The molecule has 1 aromatic rings. The van der Waals surface area contributed by atoms with Crippen LogP contribution in [0.2, 0.25) is 0 Å². The minimum Gasteiger partial charge on any atom is -0.314 e. The fourth-order valence-electron chi connectivity index (χ4n) is 2.21. The van der Waals surface area contributed by atoms with Crippen molar-refractivity contribution in [1.82, 2.24) is 10.2 Å². The number of rotatable bonds is 4. The molecule has 0 amide bonds. The predicted molar refractivity (Wildman–Crippen MR) is 71.9 cm³/mol. The number of Topliss-reactive ketones (excluding diaryl/α,β-unsaturated/α-hetero) is 1. The number of ketones is 1. The summed E-state index contributed by atoms with van der Waals surface area (Å²) in [5.74, 6) is 0.404. The van der Waals surface area contributed by atoms with Crippen LogP contribution in [0.15, 0.2) is 11.4 Å². The summed E-state index contributed by atoms with van der Waals surface area (Å²) in [6.45, 7) is 9.14. The Kier molecular flexibility index (Phi) is 4.31. The van der Waals surface area contributed by atoms with E-state index in [9.17, 15) is 4.79 Å². The van der Waals surface area contributed by atoms with Gasteiger partial charge >= 0.3 is 0 Å². The Labute approximate surface area is 107 Å². The molecule has 1 N–H and O–H groups in total. The van der Waals surface area contributed by atoms with Gasteiger partial charge in [-0.25, -0.2) is 0 Å². The van der Waals surface area contributed by atoms with E-state index in [-0.39, 0.29) is 5.92 Å². The summed E-state index contributed by atoms with van der Waals surface area (Å²) in [7, 11) is 0. The third-order valence-corrected chi connectivity index (χ3v) is 4.31. The fraction of sp³-hybridized carbons (Fsp3) is 0.615. The summed E-state index contributed by atoms with van der Waals surface area (Å²) in [5.41, 5.74) is 1.12. The highest BCUT2D eigenvalue weighted by molar-refractivity contribution is 7.12. The van der Waals surface area contributed by atoms with Crippen LogP contribution in [0.3, 0.4) is 0 Å². The number of carbonyl (C=O) groups is 1. The second-order valence-electron chi connectivity index (χ2n) is 4.75. The number of nitrogens with one attached hydrogen (secondary N) is 1. The van der Waals surface area contributed by atoms with Crippen molar-refractivity contribution in [3.05, 3.63) is 21.9 Å². The van der Waals surface area contributed by atoms with Gasteiger partial charge in [0.1, 0.15) is 0 Å². The van der Waals surface area contributed by atoms with E-state index in [2.05, 4.69) is 10.2 Å². The average molecular weight is 252 g/mol. The van der Waals surface area contributed by atoms with E-state index in [0.29, 0.717) is 5.78 Å². The van der Waals surface area contributed by atoms with E-state index in [4.69, 9.17) is 0 Å². The van der Waals surface area contributed by atoms with E-state index in [1.807, 2.05) is 25.3 Å². The van der Waals surface area contributed by atoms with Crippen molar-refractivity contribution < 1.29 is 4.79 Å². The Hall–Kier alpha value is -0.710. The molecule has 1 atom stereocenters. The molecular formula is C13H20N2OS. The summed E-state index contributed by atoms with van der Waals surface area (Å²) in [4.78, 5) is 15.6. The zero-order valence-corrected chi connectivity index (χ0v) is 11.3. The number of thiophene rings is 1. The minimum absolute atomic E-state index is 0.102. The van der Waals surface area contributed by atoms with Gasteiger partial charge in [0.25, 0.3) is 0 Å². The highest BCUT2D eigenvalue weighted by Gasteiger charge is 2.21. The van der Waals surface area contributed by atoms with Gasteiger partial charge in [-0.2, -0.15) is 0 Å². The van der Waals surface area contributed by atoms with Gasteiger partial charge in [-0.05, 0) is 23.9 Å². The SMILES string of the molecule is Cc1ccsc1C(=O)C(C)CN1CCNCC1. The lowest BCUT2D eigenvalue weighted by Gasteiger charge is -2.29. The van der Waals surface area contributed by atoms with Crippen LogP contribution in [0.5, 0.6) is 0 Å². The van der Waals surface area contributed by atoms with Crippen LogP contribution < -0.4 is 5.32 Å². The van der Waals surface area contributed by atoms with Crippen LogP contribution in [-0.4, -0.2) is 43.4 Å². The quantitative estimate of drug-likeness (QED) is 0.829. The fourth-order valence-corrected chi connectivity index (χ4v) is 3.19. The largest absolute Gasteiger partial charge is 0.314 e. The molecule has 0 aromatic carbocycles.